The minimum atomic E-state index is -0.644. The van der Waals surface area contributed by atoms with Crippen LogP contribution in [0.4, 0.5) is 0 Å². The smallest absolute Gasteiger partial charge is 0.357 e. The topological polar surface area (TPSA) is 150 Å². The number of imidazole rings is 1. The van der Waals surface area contributed by atoms with Gasteiger partial charge in [0.15, 0.2) is 17.1 Å². The van der Waals surface area contributed by atoms with Crippen LogP contribution in [0.15, 0.2) is 28.6 Å². The molecule has 11 heteroatoms. The Balaban J connectivity index is 1.89. The van der Waals surface area contributed by atoms with Crippen LogP contribution < -0.4 is 4.74 Å². The molecule has 27 heavy (non-hydrogen) atoms. The SMILES string of the molecule is [N-]=[N+]=NCCOC(=O)c1c(CN=[N+]=[N-])nc2c(OCC3CCC3)cccn12. The second kappa shape index (κ2) is 8.79. The van der Waals surface area contributed by atoms with Gasteiger partial charge in [0.05, 0.1) is 32.0 Å². The molecule has 2 aromatic rings. The standard InChI is InChI=1S/C16H18N8O3/c17-22-19-6-8-26-16(25)14-12(9-20-23-18)21-15-13(5-2-7-24(14)15)27-10-11-3-1-4-11/h2,5,7,11H,1,3-4,6,8-10H2. The number of aromatic nitrogens is 2. The summed E-state index contributed by atoms with van der Waals surface area (Å²) in [5, 5.41) is 6.83. The maximum absolute atomic E-state index is 12.5. The molecule has 2 heterocycles. The predicted octanol–water partition coefficient (Wildman–Crippen LogP) is 3.79. The minimum Gasteiger partial charge on any atom is -0.489 e. The molecule has 1 aliphatic rings. The van der Waals surface area contributed by atoms with E-state index in [9.17, 15) is 4.79 Å². The summed E-state index contributed by atoms with van der Waals surface area (Å²) in [5.41, 5.74) is 17.8. The molecule has 0 spiro atoms. The fraction of sp³-hybridized carbons (Fsp3) is 0.500. The summed E-state index contributed by atoms with van der Waals surface area (Å²) < 4.78 is 12.6. The van der Waals surface area contributed by atoms with Crippen LogP contribution in [0, 0.1) is 5.92 Å². The number of hydrogen-bond donors (Lipinski definition) is 0. The van der Waals surface area contributed by atoms with Crippen molar-refractivity contribution in [2.24, 2.45) is 16.1 Å². The fourth-order valence-corrected chi connectivity index (χ4v) is 2.79. The Morgan fingerprint density at radius 2 is 2.15 bits per heavy atom. The second-order valence-electron chi connectivity index (χ2n) is 6.06. The quantitative estimate of drug-likeness (QED) is 0.217. The van der Waals surface area contributed by atoms with E-state index in [2.05, 4.69) is 25.0 Å². The number of carbonyl (C=O) groups is 1. The Morgan fingerprint density at radius 1 is 1.33 bits per heavy atom. The van der Waals surface area contributed by atoms with Gasteiger partial charge in [-0.2, -0.15) is 0 Å². The Bertz CT molecular complexity index is 923. The monoisotopic (exact) mass is 370 g/mol. The number of rotatable bonds is 9. The number of hydrogen-bond acceptors (Lipinski definition) is 6. The van der Waals surface area contributed by atoms with Crippen molar-refractivity contribution in [3.63, 3.8) is 0 Å². The van der Waals surface area contributed by atoms with E-state index >= 15 is 0 Å². The van der Waals surface area contributed by atoms with Crippen molar-refractivity contribution in [3.05, 3.63) is 50.6 Å². The zero-order valence-electron chi connectivity index (χ0n) is 14.6. The first kappa shape index (κ1) is 18.4. The maximum Gasteiger partial charge on any atom is 0.357 e. The van der Waals surface area contributed by atoms with Gasteiger partial charge in [0.25, 0.3) is 0 Å². The lowest BCUT2D eigenvalue weighted by Crippen LogP contribution is -2.19. The lowest BCUT2D eigenvalue weighted by atomic mass is 9.86. The summed E-state index contributed by atoms with van der Waals surface area (Å²) in [6, 6.07) is 3.54. The molecule has 0 aliphatic heterocycles. The molecule has 0 N–H and O–H groups in total. The zero-order chi connectivity index (χ0) is 19.1. The molecule has 0 radical (unpaired) electrons. The highest BCUT2D eigenvalue weighted by molar-refractivity contribution is 5.90. The zero-order valence-corrected chi connectivity index (χ0v) is 14.6. The Kier molecular flexibility index (Phi) is 5.98. The molecule has 0 unspecified atom stereocenters. The molecule has 1 aliphatic carbocycles. The van der Waals surface area contributed by atoms with E-state index in [4.69, 9.17) is 20.5 Å². The van der Waals surface area contributed by atoms with Crippen molar-refractivity contribution in [3.8, 4) is 5.75 Å². The fourth-order valence-electron chi connectivity index (χ4n) is 2.79. The summed E-state index contributed by atoms with van der Waals surface area (Å²) in [7, 11) is 0. The number of carbonyl (C=O) groups excluding carboxylic acids is 1. The van der Waals surface area contributed by atoms with Crippen molar-refractivity contribution in [2.75, 3.05) is 19.8 Å². The number of pyridine rings is 1. The van der Waals surface area contributed by atoms with E-state index in [0.29, 0.717) is 29.6 Å². The molecule has 1 fully saturated rings. The number of nitrogens with zero attached hydrogens (tertiary/aromatic N) is 8. The third-order valence-corrected chi connectivity index (χ3v) is 4.35. The highest BCUT2D eigenvalue weighted by Gasteiger charge is 2.23. The van der Waals surface area contributed by atoms with Crippen LogP contribution in [0.1, 0.15) is 35.4 Å². The molecule has 0 atom stereocenters. The summed E-state index contributed by atoms with van der Waals surface area (Å²) in [6.45, 7) is 0.473. The molecule has 0 aromatic carbocycles. The predicted molar refractivity (Wildman–Crippen MR) is 95.2 cm³/mol. The van der Waals surface area contributed by atoms with E-state index < -0.39 is 5.97 Å². The van der Waals surface area contributed by atoms with Crippen LogP contribution in [0.3, 0.4) is 0 Å². The molecule has 0 bridgehead atoms. The highest BCUT2D eigenvalue weighted by Crippen LogP contribution is 2.29. The Morgan fingerprint density at radius 3 is 2.85 bits per heavy atom. The van der Waals surface area contributed by atoms with Gasteiger partial charge in [-0.05, 0) is 42.0 Å². The summed E-state index contributed by atoms with van der Waals surface area (Å²) in [4.78, 5) is 22.3. The number of fused-ring (bicyclic) bond motifs is 1. The molecule has 3 rings (SSSR count). The van der Waals surface area contributed by atoms with Crippen molar-refractivity contribution in [1.82, 2.24) is 9.38 Å². The normalized spacial score (nSPS) is 13.3. The van der Waals surface area contributed by atoms with Crippen LogP contribution in [0.25, 0.3) is 26.5 Å². The Hall–Kier alpha value is -3.42. The van der Waals surface area contributed by atoms with Gasteiger partial charge in [-0.3, -0.25) is 4.40 Å². The summed E-state index contributed by atoms with van der Waals surface area (Å²) in [6.07, 6.45) is 5.21. The summed E-state index contributed by atoms with van der Waals surface area (Å²) in [5.74, 6) is 0.461. The third kappa shape index (κ3) is 4.22. The van der Waals surface area contributed by atoms with Gasteiger partial charge in [0, 0.05) is 16.0 Å². The van der Waals surface area contributed by atoms with Crippen LogP contribution >= 0.6 is 0 Å². The molecule has 0 amide bonds. The summed E-state index contributed by atoms with van der Waals surface area (Å²) >= 11 is 0. The van der Waals surface area contributed by atoms with Crippen molar-refractivity contribution in [1.29, 1.82) is 0 Å². The molecule has 0 saturated heterocycles. The number of esters is 1. The average Bonchev–Trinajstić information content (AvgIpc) is 3.01. The molecule has 1 saturated carbocycles. The van der Waals surface area contributed by atoms with Crippen molar-refractivity contribution < 1.29 is 14.3 Å². The van der Waals surface area contributed by atoms with E-state index in [1.165, 1.54) is 6.42 Å². The first-order valence-corrected chi connectivity index (χ1v) is 8.56. The van der Waals surface area contributed by atoms with Gasteiger partial charge in [-0.15, -0.1) is 0 Å². The van der Waals surface area contributed by atoms with Crippen LogP contribution in [0.5, 0.6) is 5.75 Å². The third-order valence-electron chi connectivity index (χ3n) is 4.35. The van der Waals surface area contributed by atoms with Gasteiger partial charge in [0.2, 0.25) is 0 Å². The minimum absolute atomic E-state index is 0.0282. The van der Waals surface area contributed by atoms with Gasteiger partial charge in [-0.1, -0.05) is 16.6 Å². The van der Waals surface area contributed by atoms with Crippen LogP contribution in [0.2, 0.25) is 0 Å². The van der Waals surface area contributed by atoms with E-state index in [0.717, 1.165) is 12.8 Å². The lowest BCUT2D eigenvalue weighted by molar-refractivity contribution is 0.0507. The van der Waals surface area contributed by atoms with Gasteiger partial charge < -0.3 is 9.47 Å². The van der Waals surface area contributed by atoms with Gasteiger partial charge >= 0.3 is 5.97 Å². The number of ether oxygens (including phenoxy) is 2. The number of azide groups is 2. The molecule has 11 nitrogen and oxygen atoms in total. The Labute approximate surface area is 154 Å². The van der Waals surface area contributed by atoms with Gasteiger partial charge in [-0.25, -0.2) is 9.78 Å². The first-order chi connectivity index (χ1) is 13.2. The van der Waals surface area contributed by atoms with E-state index in [-0.39, 0.29) is 25.4 Å². The molecular formula is C16H18N8O3. The van der Waals surface area contributed by atoms with E-state index in [1.807, 2.05) is 0 Å². The largest absolute Gasteiger partial charge is 0.489 e. The first-order valence-electron chi connectivity index (χ1n) is 8.56. The van der Waals surface area contributed by atoms with Crippen LogP contribution in [-0.2, 0) is 11.3 Å². The van der Waals surface area contributed by atoms with Gasteiger partial charge in [0.1, 0.15) is 0 Å². The lowest BCUT2D eigenvalue weighted by Gasteiger charge is -2.25. The molecule has 2 aromatic heterocycles. The molecule has 140 valence electrons. The van der Waals surface area contributed by atoms with Crippen molar-refractivity contribution >= 4 is 11.6 Å². The molecular weight excluding hydrogens is 352 g/mol. The maximum atomic E-state index is 12.5. The second-order valence-corrected chi connectivity index (χ2v) is 6.06. The highest BCUT2D eigenvalue weighted by atomic mass is 16.5. The van der Waals surface area contributed by atoms with Crippen LogP contribution in [-0.4, -0.2) is 35.1 Å². The van der Waals surface area contributed by atoms with E-state index in [1.54, 1.807) is 22.7 Å². The van der Waals surface area contributed by atoms with Crippen molar-refractivity contribution in [2.45, 2.75) is 25.8 Å². The average molecular weight is 370 g/mol.